The van der Waals surface area contributed by atoms with E-state index < -0.39 is 11.7 Å². The lowest BCUT2D eigenvalue weighted by Gasteiger charge is -2.30. The maximum Gasteiger partial charge on any atom is 0.416 e. The van der Waals surface area contributed by atoms with Crippen molar-refractivity contribution in [3.8, 4) is 0 Å². The molecule has 28 heavy (non-hydrogen) atoms. The largest absolute Gasteiger partial charge is 0.416 e. The molecule has 2 aromatic rings. The van der Waals surface area contributed by atoms with Crippen molar-refractivity contribution in [2.24, 2.45) is 0 Å². The number of amides is 1. The summed E-state index contributed by atoms with van der Waals surface area (Å²) >= 11 is 0. The fraction of sp³-hybridized carbons (Fsp3) is 0.381. The highest BCUT2D eigenvalue weighted by atomic mass is 19.4. The normalized spacial score (nSPS) is 15.4. The van der Waals surface area contributed by atoms with Gasteiger partial charge in [-0.25, -0.2) is 0 Å². The summed E-state index contributed by atoms with van der Waals surface area (Å²) in [5.74, 6) is -0.300. The third kappa shape index (κ3) is 4.91. The standard InChI is InChI=1S/C21H23F3N2O2/c1-16-5-2-3-8-19(16)20(27)26(10-9-25-11-13-28-14-12-25)18-7-4-6-17(15-18)21(22,23)24/h2-8,15H,9-14H2,1H3. The van der Waals surface area contributed by atoms with E-state index in [1.807, 2.05) is 19.1 Å². The van der Waals surface area contributed by atoms with Crippen LogP contribution < -0.4 is 4.90 Å². The van der Waals surface area contributed by atoms with Crippen molar-refractivity contribution in [1.29, 1.82) is 0 Å². The Morgan fingerprint density at radius 3 is 2.50 bits per heavy atom. The summed E-state index contributed by atoms with van der Waals surface area (Å²) in [5.41, 5.74) is 0.757. The number of hydrogen-bond acceptors (Lipinski definition) is 3. The lowest BCUT2D eigenvalue weighted by molar-refractivity contribution is -0.137. The van der Waals surface area contributed by atoms with Crippen LogP contribution in [0.15, 0.2) is 48.5 Å². The Labute approximate surface area is 162 Å². The number of ether oxygens (including phenoxy) is 1. The number of carbonyl (C=O) groups is 1. The zero-order valence-electron chi connectivity index (χ0n) is 15.7. The van der Waals surface area contributed by atoms with Crippen LogP contribution in [0.25, 0.3) is 0 Å². The van der Waals surface area contributed by atoms with E-state index in [0.29, 0.717) is 31.9 Å². The molecule has 0 N–H and O–H groups in total. The van der Waals surface area contributed by atoms with Crippen molar-refractivity contribution in [3.05, 3.63) is 65.2 Å². The molecule has 0 aliphatic carbocycles. The summed E-state index contributed by atoms with van der Waals surface area (Å²) in [6.07, 6.45) is -4.46. The van der Waals surface area contributed by atoms with Gasteiger partial charge < -0.3 is 9.64 Å². The van der Waals surface area contributed by atoms with Crippen molar-refractivity contribution in [2.75, 3.05) is 44.3 Å². The summed E-state index contributed by atoms with van der Waals surface area (Å²) in [5, 5.41) is 0. The Bertz CT molecular complexity index is 817. The maximum atomic E-state index is 13.2. The molecular weight excluding hydrogens is 369 g/mol. The predicted octanol–water partition coefficient (Wildman–Crippen LogP) is 3.99. The maximum absolute atomic E-state index is 13.2. The van der Waals surface area contributed by atoms with Crippen LogP contribution in [0.2, 0.25) is 0 Å². The van der Waals surface area contributed by atoms with Crippen LogP contribution in [-0.4, -0.2) is 50.2 Å². The molecule has 0 aromatic heterocycles. The molecule has 1 saturated heterocycles. The van der Waals surface area contributed by atoms with E-state index in [0.717, 1.165) is 30.8 Å². The third-order valence-electron chi connectivity index (χ3n) is 4.85. The molecule has 0 spiro atoms. The zero-order chi connectivity index (χ0) is 20.1. The number of benzene rings is 2. The van der Waals surface area contributed by atoms with E-state index in [4.69, 9.17) is 4.74 Å². The summed E-state index contributed by atoms with van der Waals surface area (Å²) in [4.78, 5) is 16.8. The zero-order valence-corrected chi connectivity index (χ0v) is 15.7. The van der Waals surface area contributed by atoms with Crippen molar-refractivity contribution < 1.29 is 22.7 Å². The summed E-state index contributed by atoms with van der Waals surface area (Å²) in [6.45, 7) is 5.42. The number of hydrogen-bond donors (Lipinski definition) is 0. The first-order valence-corrected chi connectivity index (χ1v) is 9.21. The Morgan fingerprint density at radius 2 is 1.82 bits per heavy atom. The Hall–Kier alpha value is -2.38. The SMILES string of the molecule is Cc1ccccc1C(=O)N(CCN1CCOCC1)c1cccc(C(F)(F)F)c1. The van der Waals surface area contributed by atoms with Gasteiger partial charge in [0.1, 0.15) is 0 Å². The van der Waals surface area contributed by atoms with Gasteiger partial charge in [-0.15, -0.1) is 0 Å². The van der Waals surface area contributed by atoms with Gasteiger partial charge in [0.2, 0.25) is 0 Å². The molecule has 0 atom stereocenters. The van der Waals surface area contributed by atoms with Crippen LogP contribution in [0.3, 0.4) is 0 Å². The van der Waals surface area contributed by atoms with E-state index in [9.17, 15) is 18.0 Å². The molecule has 1 heterocycles. The molecule has 1 aliphatic rings. The average molecular weight is 392 g/mol. The highest BCUT2D eigenvalue weighted by Crippen LogP contribution is 2.32. The van der Waals surface area contributed by atoms with E-state index in [1.165, 1.54) is 11.0 Å². The minimum Gasteiger partial charge on any atom is -0.379 e. The number of morpholine rings is 1. The highest BCUT2D eigenvalue weighted by Gasteiger charge is 2.31. The molecule has 1 amide bonds. The molecule has 0 radical (unpaired) electrons. The molecule has 0 unspecified atom stereocenters. The van der Waals surface area contributed by atoms with Gasteiger partial charge in [-0.2, -0.15) is 13.2 Å². The van der Waals surface area contributed by atoms with Crippen LogP contribution in [0.1, 0.15) is 21.5 Å². The molecule has 1 fully saturated rings. The van der Waals surface area contributed by atoms with Gasteiger partial charge in [-0.1, -0.05) is 24.3 Å². The van der Waals surface area contributed by atoms with Crippen molar-refractivity contribution in [2.45, 2.75) is 13.1 Å². The smallest absolute Gasteiger partial charge is 0.379 e. The molecule has 0 bridgehead atoms. The minimum atomic E-state index is -4.46. The fourth-order valence-electron chi connectivity index (χ4n) is 3.22. The monoisotopic (exact) mass is 392 g/mol. The Kier molecular flexibility index (Phi) is 6.36. The van der Waals surface area contributed by atoms with E-state index in [-0.39, 0.29) is 11.6 Å². The Balaban J connectivity index is 1.90. The topological polar surface area (TPSA) is 32.8 Å². The van der Waals surface area contributed by atoms with Gasteiger partial charge in [0.15, 0.2) is 0 Å². The van der Waals surface area contributed by atoms with Gasteiger partial charge in [-0.3, -0.25) is 9.69 Å². The summed E-state index contributed by atoms with van der Waals surface area (Å²) < 4.78 is 44.8. The second-order valence-electron chi connectivity index (χ2n) is 6.77. The number of anilines is 1. The first-order valence-electron chi connectivity index (χ1n) is 9.21. The van der Waals surface area contributed by atoms with Gasteiger partial charge in [0.05, 0.1) is 18.8 Å². The lowest BCUT2D eigenvalue weighted by atomic mass is 10.1. The summed E-state index contributed by atoms with van der Waals surface area (Å²) in [6, 6.07) is 12.0. The first kappa shape index (κ1) is 20.4. The third-order valence-corrected chi connectivity index (χ3v) is 4.85. The van der Waals surface area contributed by atoms with Crippen molar-refractivity contribution >= 4 is 11.6 Å². The van der Waals surface area contributed by atoms with Crippen LogP contribution >= 0.6 is 0 Å². The molecule has 7 heteroatoms. The Morgan fingerprint density at radius 1 is 1.11 bits per heavy atom. The van der Waals surface area contributed by atoms with Crippen LogP contribution in [0.5, 0.6) is 0 Å². The molecule has 1 aliphatic heterocycles. The number of halogens is 3. The molecule has 0 saturated carbocycles. The second kappa shape index (κ2) is 8.75. The quantitative estimate of drug-likeness (QED) is 0.771. The summed E-state index contributed by atoms with van der Waals surface area (Å²) in [7, 11) is 0. The van der Waals surface area contributed by atoms with Crippen LogP contribution in [0.4, 0.5) is 18.9 Å². The molecule has 150 valence electrons. The molecule has 2 aromatic carbocycles. The molecule has 3 rings (SSSR count). The van der Waals surface area contributed by atoms with Gasteiger partial charge in [-0.05, 0) is 36.8 Å². The molecule has 4 nitrogen and oxygen atoms in total. The second-order valence-corrected chi connectivity index (χ2v) is 6.77. The highest BCUT2D eigenvalue weighted by molar-refractivity contribution is 6.07. The van der Waals surface area contributed by atoms with Crippen LogP contribution in [-0.2, 0) is 10.9 Å². The van der Waals surface area contributed by atoms with Gasteiger partial charge >= 0.3 is 6.18 Å². The fourth-order valence-corrected chi connectivity index (χ4v) is 3.22. The number of carbonyl (C=O) groups excluding carboxylic acids is 1. The number of aryl methyl sites for hydroxylation is 1. The first-order chi connectivity index (χ1) is 13.4. The number of alkyl halides is 3. The lowest BCUT2D eigenvalue weighted by Crippen LogP contribution is -2.43. The molecular formula is C21H23F3N2O2. The van der Waals surface area contributed by atoms with Crippen molar-refractivity contribution in [1.82, 2.24) is 4.90 Å². The average Bonchev–Trinajstić information content (AvgIpc) is 2.69. The number of rotatable bonds is 5. The minimum absolute atomic E-state index is 0.247. The predicted molar refractivity (Wildman–Crippen MR) is 102 cm³/mol. The van der Waals surface area contributed by atoms with E-state index in [1.54, 1.807) is 18.2 Å². The van der Waals surface area contributed by atoms with Gasteiger partial charge in [0.25, 0.3) is 5.91 Å². The van der Waals surface area contributed by atoms with Crippen LogP contribution in [0, 0.1) is 6.92 Å². The van der Waals surface area contributed by atoms with Crippen molar-refractivity contribution in [3.63, 3.8) is 0 Å². The van der Waals surface area contributed by atoms with E-state index >= 15 is 0 Å². The van der Waals surface area contributed by atoms with E-state index in [2.05, 4.69) is 4.90 Å². The number of nitrogens with zero attached hydrogens (tertiary/aromatic N) is 2. The van der Waals surface area contributed by atoms with Gasteiger partial charge in [0, 0.05) is 37.4 Å².